The van der Waals surface area contributed by atoms with Crippen molar-refractivity contribution in [1.82, 2.24) is 5.32 Å². The van der Waals surface area contributed by atoms with E-state index in [1.165, 1.54) is 5.32 Å². The summed E-state index contributed by atoms with van der Waals surface area (Å²) in [5, 5.41) is -4.37. The molecular formula is C15H18F7NO8S. The summed E-state index contributed by atoms with van der Waals surface area (Å²) >= 11 is 0. The van der Waals surface area contributed by atoms with Gasteiger partial charge in [0.25, 0.3) is 0 Å². The molecule has 1 unspecified atom stereocenters. The van der Waals surface area contributed by atoms with Crippen LogP contribution >= 0.6 is 0 Å². The Morgan fingerprint density at radius 2 is 1.59 bits per heavy atom. The Morgan fingerprint density at radius 3 is 2.00 bits per heavy atom. The number of halogens is 7. The summed E-state index contributed by atoms with van der Waals surface area (Å²) < 4.78 is 131. The van der Waals surface area contributed by atoms with Crippen LogP contribution in [0.5, 0.6) is 0 Å². The summed E-state index contributed by atoms with van der Waals surface area (Å²) in [7, 11) is -6.50. The molecule has 32 heavy (non-hydrogen) atoms. The number of Topliss-reactive ketones (excluding diaryl/α,β-unsaturated/α-hetero) is 1. The molecule has 0 spiro atoms. The van der Waals surface area contributed by atoms with E-state index < -0.39 is 83.3 Å². The number of nitrogens with one attached hydrogen (secondary N) is 1. The van der Waals surface area contributed by atoms with Gasteiger partial charge in [-0.05, 0) is 19.8 Å². The van der Waals surface area contributed by atoms with E-state index in [4.69, 9.17) is 4.55 Å². The number of unbranched alkanes of at least 4 members (excludes halogenated alkanes) is 1. The first kappa shape index (κ1) is 29.7. The van der Waals surface area contributed by atoms with Crippen molar-refractivity contribution in [3.8, 4) is 0 Å². The Balaban J connectivity index is 5.47. The largest absolute Gasteiger partial charge is 0.466 e. The number of hydrogen-bond donors (Lipinski definition) is 2. The van der Waals surface area contributed by atoms with E-state index in [1.807, 2.05) is 0 Å². The molecule has 0 saturated carbocycles. The monoisotopic (exact) mass is 505 g/mol. The molecule has 0 bridgehead atoms. The zero-order valence-corrected chi connectivity index (χ0v) is 17.0. The molecule has 17 heteroatoms. The van der Waals surface area contributed by atoms with Crippen molar-refractivity contribution in [1.29, 1.82) is 0 Å². The lowest BCUT2D eigenvalue weighted by Gasteiger charge is -2.32. The second-order valence-electron chi connectivity index (χ2n) is 6.13. The zero-order valence-electron chi connectivity index (χ0n) is 16.2. The highest BCUT2D eigenvalue weighted by Gasteiger charge is 2.67. The molecule has 186 valence electrons. The van der Waals surface area contributed by atoms with Crippen molar-refractivity contribution in [2.75, 3.05) is 13.2 Å². The Bertz CT molecular complexity index is 828. The molecular weight excluding hydrogens is 487 g/mol. The second kappa shape index (κ2) is 10.6. The average Bonchev–Trinajstić information content (AvgIpc) is 2.62. The predicted molar refractivity (Wildman–Crippen MR) is 90.0 cm³/mol. The van der Waals surface area contributed by atoms with Gasteiger partial charge >= 0.3 is 45.1 Å². The zero-order chi connectivity index (χ0) is 25.6. The van der Waals surface area contributed by atoms with Gasteiger partial charge in [0, 0.05) is 12.5 Å². The minimum atomic E-state index is -6.50. The smallest absolute Gasteiger partial charge is 0.412 e. The van der Waals surface area contributed by atoms with Gasteiger partial charge in [0.2, 0.25) is 0 Å². The summed E-state index contributed by atoms with van der Waals surface area (Å²) in [5.74, 6) is -14.4. The van der Waals surface area contributed by atoms with Gasteiger partial charge in [0.05, 0.1) is 13.2 Å². The summed E-state index contributed by atoms with van der Waals surface area (Å²) in [5.41, 5.74) is 0. The van der Waals surface area contributed by atoms with Gasteiger partial charge in [-0.2, -0.15) is 39.2 Å². The number of carbonyl (C=O) groups is 3. The molecule has 0 aromatic rings. The van der Waals surface area contributed by atoms with Gasteiger partial charge in [-0.15, -0.1) is 0 Å². The van der Waals surface area contributed by atoms with Crippen LogP contribution in [0, 0.1) is 0 Å². The highest BCUT2D eigenvalue weighted by Crippen LogP contribution is 2.42. The van der Waals surface area contributed by atoms with Crippen LogP contribution in [0.3, 0.4) is 0 Å². The van der Waals surface area contributed by atoms with E-state index in [-0.39, 0.29) is 6.08 Å². The maximum atomic E-state index is 13.5. The Morgan fingerprint density at radius 1 is 1.06 bits per heavy atom. The van der Waals surface area contributed by atoms with E-state index in [2.05, 4.69) is 16.1 Å². The van der Waals surface area contributed by atoms with Crippen LogP contribution < -0.4 is 5.32 Å². The van der Waals surface area contributed by atoms with Crippen molar-refractivity contribution in [3.05, 3.63) is 12.7 Å². The molecule has 0 aliphatic carbocycles. The molecule has 1 amide bonds. The number of amides is 1. The van der Waals surface area contributed by atoms with E-state index in [0.717, 1.165) is 6.92 Å². The number of ether oxygens (including phenoxy) is 2. The van der Waals surface area contributed by atoms with Gasteiger partial charge in [0.1, 0.15) is 5.78 Å². The van der Waals surface area contributed by atoms with Crippen LogP contribution in [-0.4, -0.2) is 66.9 Å². The second-order valence-corrected chi connectivity index (χ2v) is 7.59. The van der Waals surface area contributed by atoms with E-state index >= 15 is 0 Å². The Kier molecular flexibility index (Phi) is 9.81. The van der Waals surface area contributed by atoms with Crippen molar-refractivity contribution in [2.45, 2.75) is 49.3 Å². The predicted octanol–water partition coefficient (Wildman–Crippen LogP) is 1.98. The van der Waals surface area contributed by atoms with Gasteiger partial charge in [-0.1, -0.05) is 6.58 Å². The number of ketones is 1. The first-order valence-corrected chi connectivity index (χ1v) is 9.75. The molecule has 0 rings (SSSR count). The van der Waals surface area contributed by atoms with Crippen molar-refractivity contribution in [3.63, 3.8) is 0 Å². The lowest BCUT2D eigenvalue weighted by molar-refractivity contribution is -0.346. The molecule has 0 aliphatic heterocycles. The quantitative estimate of drug-likeness (QED) is 0.0969. The number of carbonyl (C=O) groups excluding carboxylic acids is 3. The third kappa shape index (κ3) is 7.13. The number of alkyl halides is 7. The maximum absolute atomic E-state index is 13.5. The van der Waals surface area contributed by atoms with Crippen LogP contribution in [0.1, 0.15) is 26.2 Å². The fraction of sp³-hybridized carbons (Fsp3) is 0.667. The summed E-state index contributed by atoms with van der Waals surface area (Å²) in [6, 6.07) is 0. The molecule has 2 N–H and O–H groups in total. The molecule has 0 aromatic heterocycles. The normalized spacial score (nSPS) is 14.9. The fourth-order valence-electron chi connectivity index (χ4n) is 1.91. The average molecular weight is 505 g/mol. The minimum absolute atomic E-state index is 0.236. The molecule has 0 saturated heterocycles. The SMILES string of the molecule is C=CC(=O)OC(OCCCCC(F)(F)C(F)(F)S(=O)(=O)O)(C(=O)NCC(C)=O)C(F)(F)F. The summed E-state index contributed by atoms with van der Waals surface area (Å²) in [4.78, 5) is 34.2. The molecule has 0 fully saturated rings. The Hall–Kier alpha value is -2.27. The van der Waals surface area contributed by atoms with Crippen LogP contribution in [-0.2, 0) is 34.0 Å². The number of rotatable bonds is 13. The molecule has 0 aromatic carbocycles. The molecule has 9 nitrogen and oxygen atoms in total. The van der Waals surface area contributed by atoms with Crippen molar-refractivity contribution < 1.29 is 67.6 Å². The Labute approximate surface area is 176 Å². The highest BCUT2D eigenvalue weighted by molar-refractivity contribution is 7.87. The highest BCUT2D eigenvalue weighted by atomic mass is 32.2. The standard InChI is InChI=1S/C15H18F7NO8S/c1-3-10(25)31-13(14(18,19)20,11(26)23-8-9(2)24)30-7-5-4-6-12(16,17)15(21,22)32(27,28)29/h3H,1,4-8H2,2H3,(H,23,26)(H,27,28,29). The van der Waals surface area contributed by atoms with Crippen LogP contribution in [0.2, 0.25) is 0 Å². The first-order chi connectivity index (χ1) is 14.2. The van der Waals surface area contributed by atoms with Crippen molar-refractivity contribution in [2.24, 2.45) is 0 Å². The van der Waals surface area contributed by atoms with E-state index in [0.29, 0.717) is 0 Å². The molecule has 1 atom stereocenters. The van der Waals surface area contributed by atoms with Gasteiger partial charge in [-0.3, -0.25) is 14.1 Å². The minimum Gasteiger partial charge on any atom is -0.412 e. The fourth-order valence-corrected chi connectivity index (χ4v) is 2.39. The third-order valence-corrected chi connectivity index (χ3v) is 4.47. The van der Waals surface area contributed by atoms with E-state index in [9.17, 15) is 53.5 Å². The molecule has 0 heterocycles. The lowest BCUT2D eigenvalue weighted by Crippen LogP contribution is -2.61. The van der Waals surface area contributed by atoms with Crippen LogP contribution in [0.25, 0.3) is 0 Å². The summed E-state index contributed by atoms with van der Waals surface area (Å²) in [6.45, 7) is 1.53. The van der Waals surface area contributed by atoms with Crippen LogP contribution in [0.4, 0.5) is 30.7 Å². The van der Waals surface area contributed by atoms with Gasteiger partial charge in [0.15, 0.2) is 0 Å². The number of hydrogen-bond acceptors (Lipinski definition) is 7. The van der Waals surface area contributed by atoms with Gasteiger partial charge < -0.3 is 14.8 Å². The van der Waals surface area contributed by atoms with Crippen molar-refractivity contribution >= 4 is 27.8 Å². The maximum Gasteiger partial charge on any atom is 0.466 e. The van der Waals surface area contributed by atoms with Gasteiger partial charge in [-0.25, -0.2) is 4.79 Å². The van der Waals surface area contributed by atoms with E-state index in [1.54, 1.807) is 0 Å². The number of esters is 1. The first-order valence-electron chi connectivity index (χ1n) is 8.31. The van der Waals surface area contributed by atoms with Crippen LogP contribution in [0.15, 0.2) is 12.7 Å². The third-order valence-electron chi connectivity index (χ3n) is 3.52. The summed E-state index contributed by atoms with van der Waals surface area (Å²) in [6.07, 6.45) is -9.39. The molecule has 0 radical (unpaired) electrons. The lowest BCUT2D eigenvalue weighted by atomic mass is 10.1. The molecule has 0 aliphatic rings. The topological polar surface area (TPSA) is 136 Å².